The monoisotopic (exact) mass is 643 g/mol. The summed E-state index contributed by atoms with van der Waals surface area (Å²) in [5, 5.41) is 13.2. The molecule has 0 spiro atoms. The van der Waals surface area contributed by atoms with Crippen molar-refractivity contribution in [1.29, 1.82) is 0 Å². The average molecular weight is 644 g/mol. The summed E-state index contributed by atoms with van der Waals surface area (Å²) in [6, 6.07) is 23.8. The van der Waals surface area contributed by atoms with Crippen LogP contribution in [0.5, 0.6) is 5.75 Å². The van der Waals surface area contributed by atoms with Crippen LogP contribution in [0.25, 0.3) is 0 Å². The molecule has 47 heavy (non-hydrogen) atoms. The highest BCUT2D eigenvalue weighted by Gasteiger charge is 2.31. The number of carbonyl (C=O) groups is 3. The number of hydrogen-bond donors (Lipinski definition) is 2. The molecule has 0 aromatic heterocycles. The van der Waals surface area contributed by atoms with Crippen molar-refractivity contribution in [3.63, 3.8) is 0 Å². The molecule has 3 aromatic rings. The molecule has 0 unspecified atom stereocenters. The smallest absolute Gasteiger partial charge is 0.258 e. The Morgan fingerprint density at radius 2 is 1.64 bits per heavy atom. The van der Waals surface area contributed by atoms with Gasteiger partial charge in [-0.3, -0.25) is 14.4 Å². The van der Waals surface area contributed by atoms with E-state index in [4.69, 9.17) is 9.47 Å². The van der Waals surface area contributed by atoms with Gasteiger partial charge in [-0.2, -0.15) is 0 Å². The number of rotatable bonds is 9. The van der Waals surface area contributed by atoms with E-state index in [1.807, 2.05) is 74.5 Å². The van der Waals surface area contributed by atoms with E-state index in [1.54, 1.807) is 42.0 Å². The molecule has 0 radical (unpaired) electrons. The first-order valence-corrected chi connectivity index (χ1v) is 16.6. The Hall–Kier alpha value is -4.21. The number of likely N-dealkylation sites (N-methyl/N-ethyl adjacent to an activating group) is 1. The zero-order chi connectivity index (χ0) is 33.8. The summed E-state index contributed by atoms with van der Waals surface area (Å²) >= 11 is 0. The van der Waals surface area contributed by atoms with Crippen LogP contribution in [0.15, 0.2) is 78.9 Å². The van der Waals surface area contributed by atoms with Crippen molar-refractivity contribution in [3.05, 3.63) is 95.6 Å². The summed E-state index contributed by atoms with van der Waals surface area (Å²) in [6.45, 7) is 6.72. The quantitative estimate of drug-likeness (QED) is 0.325. The van der Waals surface area contributed by atoms with Crippen molar-refractivity contribution in [2.75, 3.05) is 38.7 Å². The van der Waals surface area contributed by atoms with Crippen LogP contribution >= 0.6 is 0 Å². The van der Waals surface area contributed by atoms with E-state index in [1.165, 1.54) is 0 Å². The van der Waals surface area contributed by atoms with Gasteiger partial charge in [-0.15, -0.1) is 0 Å². The molecule has 2 N–H and O–H groups in total. The lowest BCUT2D eigenvalue weighted by Crippen LogP contribution is -2.48. The number of carbonyl (C=O) groups excluding carboxylic acids is 3. The largest absolute Gasteiger partial charge is 0.490 e. The SMILES string of the molecule is C[C@H](CO)N1C[C@H](C)[C@@H](CN(C)C(=O)Cc2ccccc2)OCCCC[C@H](C)Oc2ccc(NC(=O)Cc3ccccc3)cc2C1=O. The highest BCUT2D eigenvalue weighted by atomic mass is 16.5. The zero-order valence-electron chi connectivity index (χ0n) is 28.1. The minimum Gasteiger partial charge on any atom is -0.490 e. The van der Waals surface area contributed by atoms with E-state index in [0.29, 0.717) is 36.6 Å². The average Bonchev–Trinajstić information content (AvgIpc) is 3.06. The predicted molar refractivity (Wildman–Crippen MR) is 183 cm³/mol. The van der Waals surface area contributed by atoms with Gasteiger partial charge in [0.1, 0.15) is 5.75 Å². The molecule has 4 rings (SSSR count). The molecule has 252 valence electrons. The number of nitrogens with one attached hydrogen (secondary N) is 1. The molecule has 0 aliphatic carbocycles. The number of fused-ring (bicyclic) bond motifs is 1. The van der Waals surface area contributed by atoms with Gasteiger partial charge in [-0.1, -0.05) is 67.6 Å². The van der Waals surface area contributed by atoms with Crippen LogP contribution in [0.2, 0.25) is 0 Å². The maximum atomic E-state index is 14.3. The maximum Gasteiger partial charge on any atom is 0.258 e. The fourth-order valence-electron chi connectivity index (χ4n) is 5.73. The van der Waals surface area contributed by atoms with Crippen LogP contribution in [-0.4, -0.2) is 84.2 Å². The summed E-state index contributed by atoms with van der Waals surface area (Å²) in [4.78, 5) is 43.7. The lowest BCUT2D eigenvalue weighted by atomic mass is 10.0. The minimum atomic E-state index is -0.502. The molecule has 1 aliphatic rings. The van der Waals surface area contributed by atoms with E-state index in [2.05, 4.69) is 5.32 Å². The van der Waals surface area contributed by atoms with Crippen LogP contribution in [0.3, 0.4) is 0 Å². The molecule has 3 amide bonds. The van der Waals surface area contributed by atoms with Gasteiger partial charge in [0.15, 0.2) is 0 Å². The van der Waals surface area contributed by atoms with Crippen molar-refractivity contribution < 1.29 is 29.0 Å². The molecule has 4 atom stereocenters. The van der Waals surface area contributed by atoms with E-state index in [-0.39, 0.29) is 55.4 Å². The third-order valence-corrected chi connectivity index (χ3v) is 8.62. The van der Waals surface area contributed by atoms with Crippen LogP contribution < -0.4 is 10.1 Å². The molecule has 0 bridgehead atoms. The van der Waals surface area contributed by atoms with E-state index >= 15 is 0 Å². The topological polar surface area (TPSA) is 108 Å². The van der Waals surface area contributed by atoms with Gasteiger partial charge in [0, 0.05) is 38.3 Å². The second-order valence-electron chi connectivity index (χ2n) is 12.7. The van der Waals surface area contributed by atoms with Crippen molar-refractivity contribution in [3.8, 4) is 5.75 Å². The van der Waals surface area contributed by atoms with Gasteiger partial charge in [-0.05, 0) is 62.4 Å². The number of anilines is 1. The van der Waals surface area contributed by atoms with Gasteiger partial charge < -0.3 is 29.7 Å². The fourth-order valence-corrected chi connectivity index (χ4v) is 5.73. The van der Waals surface area contributed by atoms with E-state index in [0.717, 1.165) is 30.4 Å². The Morgan fingerprint density at radius 3 is 2.30 bits per heavy atom. The third-order valence-electron chi connectivity index (χ3n) is 8.62. The molecule has 0 saturated heterocycles. The maximum absolute atomic E-state index is 14.3. The molecular formula is C38H49N3O6. The Labute approximate surface area is 278 Å². The molecule has 1 aliphatic heterocycles. The Kier molecular flexibility index (Phi) is 13.4. The summed E-state index contributed by atoms with van der Waals surface area (Å²) in [5.41, 5.74) is 2.63. The fraction of sp³-hybridized carbons (Fsp3) is 0.447. The normalized spacial score (nSPS) is 19.9. The zero-order valence-corrected chi connectivity index (χ0v) is 28.1. The summed E-state index contributed by atoms with van der Waals surface area (Å²) < 4.78 is 12.7. The Bertz CT molecular complexity index is 1450. The summed E-state index contributed by atoms with van der Waals surface area (Å²) in [5.74, 6) is -0.254. The van der Waals surface area contributed by atoms with Crippen molar-refractivity contribution in [2.24, 2.45) is 5.92 Å². The Balaban J connectivity index is 1.58. The Morgan fingerprint density at radius 1 is 0.979 bits per heavy atom. The number of aliphatic hydroxyl groups is 1. The molecule has 0 fully saturated rings. The second kappa shape index (κ2) is 17.6. The van der Waals surface area contributed by atoms with Crippen LogP contribution in [-0.2, 0) is 27.2 Å². The number of ether oxygens (including phenoxy) is 2. The first kappa shape index (κ1) is 35.6. The second-order valence-corrected chi connectivity index (χ2v) is 12.7. The third kappa shape index (κ3) is 10.7. The molecule has 9 nitrogen and oxygen atoms in total. The predicted octanol–water partition coefficient (Wildman–Crippen LogP) is 5.36. The highest BCUT2D eigenvalue weighted by molar-refractivity contribution is 6.00. The van der Waals surface area contributed by atoms with Gasteiger partial charge >= 0.3 is 0 Å². The molecule has 3 aromatic carbocycles. The first-order chi connectivity index (χ1) is 22.6. The van der Waals surface area contributed by atoms with Gasteiger partial charge in [-0.25, -0.2) is 0 Å². The molecule has 9 heteroatoms. The number of amides is 3. The number of nitrogens with zero attached hydrogens (tertiary/aromatic N) is 2. The van der Waals surface area contributed by atoms with Gasteiger partial charge in [0.05, 0.1) is 43.3 Å². The lowest BCUT2D eigenvalue weighted by molar-refractivity contribution is -0.131. The van der Waals surface area contributed by atoms with E-state index < -0.39 is 6.04 Å². The number of aliphatic hydroxyl groups excluding tert-OH is 1. The molecular weight excluding hydrogens is 594 g/mol. The highest BCUT2D eigenvalue weighted by Crippen LogP contribution is 2.28. The van der Waals surface area contributed by atoms with Gasteiger partial charge in [0.25, 0.3) is 5.91 Å². The van der Waals surface area contributed by atoms with Gasteiger partial charge in [0.2, 0.25) is 11.8 Å². The van der Waals surface area contributed by atoms with E-state index in [9.17, 15) is 19.5 Å². The molecule has 1 heterocycles. The van der Waals surface area contributed by atoms with Crippen molar-refractivity contribution in [1.82, 2.24) is 9.80 Å². The van der Waals surface area contributed by atoms with Crippen LogP contribution in [0, 0.1) is 5.92 Å². The standard InChI is InChI=1S/C38H49N3O6/c1-27-24-41(28(2)26-42)38(45)33-23-32(39-36(43)21-30-14-7-5-8-15-30)18-19-34(33)47-29(3)13-11-12-20-46-35(27)25-40(4)37(44)22-31-16-9-6-10-17-31/h5-10,14-19,23,27-29,35,42H,11-13,20-22,24-26H2,1-4H3,(H,39,43)/t27-,28+,29-,35+/m0/s1. The van der Waals surface area contributed by atoms with Crippen LogP contribution in [0.1, 0.15) is 61.5 Å². The number of benzene rings is 3. The lowest BCUT2D eigenvalue weighted by Gasteiger charge is -2.36. The summed E-state index contributed by atoms with van der Waals surface area (Å²) in [7, 11) is 1.79. The first-order valence-electron chi connectivity index (χ1n) is 16.6. The van der Waals surface area contributed by atoms with Crippen molar-refractivity contribution in [2.45, 2.75) is 71.1 Å². The summed E-state index contributed by atoms with van der Waals surface area (Å²) in [6.07, 6.45) is 2.46. The minimum absolute atomic E-state index is 0.00944. The number of hydrogen-bond acceptors (Lipinski definition) is 6. The van der Waals surface area contributed by atoms with Crippen molar-refractivity contribution >= 4 is 23.4 Å². The van der Waals surface area contributed by atoms with Crippen LogP contribution in [0.4, 0.5) is 5.69 Å². The molecule has 0 saturated carbocycles.